The van der Waals surface area contributed by atoms with Crippen molar-refractivity contribution in [3.05, 3.63) is 53.1 Å². The quantitative estimate of drug-likeness (QED) is 0.582. The van der Waals surface area contributed by atoms with Crippen molar-refractivity contribution in [2.24, 2.45) is 0 Å². The molecule has 0 unspecified atom stereocenters. The lowest BCUT2D eigenvalue weighted by Gasteiger charge is -2.18. The van der Waals surface area contributed by atoms with Crippen molar-refractivity contribution >= 4 is 16.8 Å². The van der Waals surface area contributed by atoms with E-state index in [-0.39, 0.29) is 5.39 Å². The maximum Gasteiger partial charge on any atom is 0.417 e. The molecule has 0 heterocycles. The molecular formula is C15H10F6. The summed E-state index contributed by atoms with van der Waals surface area (Å²) in [5.41, 5.74) is -2.32. The lowest BCUT2D eigenvalue weighted by molar-refractivity contribution is -0.161. The fourth-order valence-electron chi connectivity index (χ4n) is 2.26. The van der Waals surface area contributed by atoms with Crippen molar-refractivity contribution in [1.82, 2.24) is 0 Å². The predicted octanol–water partition coefficient (Wildman–Crippen LogP) is 5.83. The molecule has 0 aliphatic heterocycles. The average molecular weight is 304 g/mol. The van der Waals surface area contributed by atoms with E-state index in [1.807, 2.05) is 0 Å². The molecule has 0 N–H and O–H groups in total. The zero-order valence-electron chi connectivity index (χ0n) is 10.9. The number of halogens is 6. The number of hydrogen-bond acceptors (Lipinski definition) is 0. The van der Waals surface area contributed by atoms with Gasteiger partial charge in [0.2, 0.25) is 0 Å². The van der Waals surface area contributed by atoms with Gasteiger partial charge in [-0.1, -0.05) is 24.8 Å². The monoisotopic (exact) mass is 304 g/mol. The van der Waals surface area contributed by atoms with Crippen LogP contribution in [-0.4, -0.2) is 0 Å². The summed E-state index contributed by atoms with van der Waals surface area (Å²) in [6.45, 7) is 5.11. The van der Waals surface area contributed by atoms with Crippen LogP contribution in [0.1, 0.15) is 22.3 Å². The molecule has 0 aliphatic carbocycles. The van der Waals surface area contributed by atoms with Crippen LogP contribution in [0.4, 0.5) is 26.3 Å². The Morgan fingerprint density at radius 3 is 2.05 bits per heavy atom. The first kappa shape index (κ1) is 15.4. The largest absolute Gasteiger partial charge is 0.417 e. The van der Waals surface area contributed by atoms with Crippen molar-refractivity contribution in [3.8, 4) is 0 Å². The summed E-state index contributed by atoms with van der Waals surface area (Å²) in [7, 11) is 0. The van der Waals surface area contributed by atoms with E-state index in [0.29, 0.717) is 17.2 Å². The van der Waals surface area contributed by atoms with Gasteiger partial charge in [0, 0.05) is 0 Å². The third kappa shape index (κ3) is 2.75. The van der Waals surface area contributed by atoms with Gasteiger partial charge in [0.15, 0.2) is 0 Å². The Balaban J connectivity index is 2.97. The highest BCUT2D eigenvalue weighted by molar-refractivity contribution is 5.90. The Kier molecular flexibility index (Phi) is 3.51. The molecule has 21 heavy (non-hydrogen) atoms. The fraction of sp³-hybridized carbons (Fsp3) is 0.200. The second-order valence-electron chi connectivity index (χ2n) is 4.62. The Bertz CT molecular complexity index is 707. The van der Waals surface area contributed by atoms with Crippen LogP contribution in [0, 0.1) is 6.92 Å². The third-order valence-electron chi connectivity index (χ3n) is 3.22. The summed E-state index contributed by atoms with van der Waals surface area (Å²) >= 11 is 0. The molecule has 6 heteroatoms. The van der Waals surface area contributed by atoms with Gasteiger partial charge in [-0.3, -0.25) is 0 Å². The molecule has 0 spiro atoms. The molecule has 112 valence electrons. The first-order valence-electron chi connectivity index (χ1n) is 5.90. The number of alkyl halides is 6. The van der Waals surface area contributed by atoms with E-state index in [4.69, 9.17) is 0 Å². The van der Waals surface area contributed by atoms with Gasteiger partial charge in [-0.2, -0.15) is 26.3 Å². The van der Waals surface area contributed by atoms with E-state index in [1.165, 1.54) is 12.1 Å². The molecule has 0 fully saturated rings. The number of aryl methyl sites for hydroxylation is 1. The summed E-state index contributed by atoms with van der Waals surface area (Å²) in [4.78, 5) is 0. The molecule has 2 aromatic carbocycles. The molecule has 0 saturated heterocycles. The summed E-state index contributed by atoms with van der Waals surface area (Å²) in [5.74, 6) is 0. The normalized spacial score (nSPS) is 12.7. The summed E-state index contributed by atoms with van der Waals surface area (Å²) in [5, 5.41) is -0.365. The summed E-state index contributed by atoms with van der Waals surface area (Å²) in [6, 6.07) is 4.03. The second-order valence-corrected chi connectivity index (χ2v) is 4.62. The van der Waals surface area contributed by atoms with Gasteiger partial charge in [-0.25, -0.2) is 0 Å². The van der Waals surface area contributed by atoms with Crippen molar-refractivity contribution < 1.29 is 26.3 Å². The SMILES string of the molecule is C=Cc1cc2c(C(F)(F)F)c(C(F)(F)F)ccc2cc1C. The lowest BCUT2D eigenvalue weighted by atomic mass is 9.94. The average Bonchev–Trinajstić information content (AvgIpc) is 2.34. The van der Waals surface area contributed by atoms with Crippen molar-refractivity contribution in [1.29, 1.82) is 0 Å². The summed E-state index contributed by atoms with van der Waals surface area (Å²) < 4.78 is 77.9. The maximum absolute atomic E-state index is 13.1. The van der Waals surface area contributed by atoms with Gasteiger partial charge >= 0.3 is 12.4 Å². The maximum atomic E-state index is 13.1. The van der Waals surface area contributed by atoms with Crippen LogP contribution >= 0.6 is 0 Å². The molecule has 0 aliphatic rings. The van der Waals surface area contributed by atoms with Gasteiger partial charge in [0.05, 0.1) is 11.1 Å². The van der Waals surface area contributed by atoms with Crippen LogP contribution in [0.5, 0.6) is 0 Å². The Labute approximate surface area is 116 Å². The van der Waals surface area contributed by atoms with Crippen LogP contribution in [0.2, 0.25) is 0 Å². The lowest BCUT2D eigenvalue weighted by Crippen LogP contribution is -2.17. The molecule has 0 nitrogen and oxygen atoms in total. The standard InChI is InChI=1S/C15H10F6/c1-3-9-7-11-10(6-8(9)2)4-5-12(14(16,17)18)13(11)15(19,20)21/h3-7H,1H2,2H3. The highest BCUT2D eigenvalue weighted by Gasteiger charge is 2.44. The number of fused-ring (bicyclic) bond motifs is 1. The minimum absolute atomic E-state index is 0.110. The molecule has 0 aromatic heterocycles. The molecule has 2 rings (SSSR count). The first-order valence-corrected chi connectivity index (χ1v) is 5.90. The van der Waals surface area contributed by atoms with Crippen molar-refractivity contribution in [2.45, 2.75) is 19.3 Å². The molecule has 0 radical (unpaired) electrons. The van der Waals surface area contributed by atoms with Crippen LogP contribution in [0.25, 0.3) is 16.8 Å². The first-order chi connectivity index (χ1) is 9.55. The minimum atomic E-state index is -5.10. The van der Waals surface area contributed by atoms with Gasteiger partial charge in [0.1, 0.15) is 0 Å². The number of rotatable bonds is 1. The molecule has 0 saturated carbocycles. The Morgan fingerprint density at radius 1 is 0.952 bits per heavy atom. The predicted molar refractivity (Wildman–Crippen MR) is 68.8 cm³/mol. The fourth-order valence-corrected chi connectivity index (χ4v) is 2.26. The van der Waals surface area contributed by atoms with Crippen LogP contribution in [-0.2, 0) is 12.4 Å². The van der Waals surface area contributed by atoms with Crippen molar-refractivity contribution in [2.75, 3.05) is 0 Å². The molecule has 0 amide bonds. The van der Waals surface area contributed by atoms with Crippen molar-refractivity contribution in [3.63, 3.8) is 0 Å². The van der Waals surface area contributed by atoms with Gasteiger partial charge < -0.3 is 0 Å². The molecule has 0 bridgehead atoms. The van der Waals surface area contributed by atoms with E-state index in [1.54, 1.807) is 6.92 Å². The van der Waals surface area contributed by atoms with Gasteiger partial charge in [-0.15, -0.1) is 0 Å². The van der Waals surface area contributed by atoms with Gasteiger partial charge in [-0.05, 0) is 41.0 Å². The number of hydrogen-bond donors (Lipinski definition) is 0. The molecular weight excluding hydrogens is 294 g/mol. The molecule has 0 atom stereocenters. The highest BCUT2D eigenvalue weighted by Crippen LogP contribution is 2.44. The zero-order valence-corrected chi connectivity index (χ0v) is 10.9. The summed E-state index contributed by atoms with van der Waals surface area (Å²) in [6.07, 6.45) is -8.86. The van der Waals surface area contributed by atoms with E-state index in [2.05, 4.69) is 6.58 Å². The van der Waals surface area contributed by atoms with E-state index in [9.17, 15) is 26.3 Å². The Morgan fingerprint density at radius 2 is 1.57 bits per heavy atom. The van der Waals surface area contributed by atoms with Crippen LogP contribution in [0.3, 0.4) is 0 Å². The minimum Gasteiger partial charge on any atom is -0.166 e. The third-order valence-corrected chi connectivity index (χ3v) is 3.22. The van der Waals surface area contributed by atoms with Crippen LogP contribution in [0.15, 0.2) is 30.8 Å². The topological polar surface area (TPSA) is 0 Å². The second kappa shape index (κ2) is 4.79. The van der Waals surface area contributed by atoms with Gasteiger partial charge in [0.25, 0.3) is 0 Å². The molecule has 2 aromatic rings. The van der Waals surface area contributed by atoms with E-state index < -0.39 is 28.9 Å². The smallest absolute Gasteiger partial charge is 0.166 e. The number of benzene rings is 2. The Hall–Kier alpha value is -1.98. The highest BCUT2D eigenvalue weighted by atomic mass is 19.4. The van der Waals surface area contributed by atoms with E-state index in [0.717, 1.165) is 12.1 Å². The van der Waals surface area contributed by atoms with Crippen LogP contribution < -0.4 is 0 Å². The van der Waals surface area contributed by atoms with E-state index >= 15 is 0 Å². The zero-order chi connectivity index (χ0) is 16.0.